The van der Waals surface area contributed by atoms with E-state index in [9.17, 15) is 9.59 Å². The number of aromatic amines is 1. The number of para-hydroxylation sites is 1. The summed E-state index contributed by atoms with van der Waals surface area (Å²) in [5.41, 5.74) is 2.06. The van der Waals surface area contributed by atoms with E-state index in [1.807, 2.05) is 61.2 Å². The minimum absolute atomic E-state index is 0.177. The molecule has 0 unspecified atom stereocenters. The molecule has 0 saturated carbocycles. The fourth-order valence-electron chi connectivity index (χ4n) is 3.46. The number of rotatable bonds is 9. The van der Waals surface area contributed by atoms with Gasteiger partial charge in [-0.25, -0.2) is 4.79 Å². The van der Waals surface area contributed by atoms with E-state index < -0.39 is 5.97 Å². The zero-order valence-corrected chi connectivity index (χ0v) is 20.7. The highest BCUT2D eigenvalue weighted by Crippen LogP contribution is 2.21. The fourth-order valence-corrected chi connectivity index (χ4v) is 3.72. The van der Waals surface area contributed by atoms with E-state index >= 15 is 0 Å². The normalized spacial score (nSPS) is 10.9. The molecule has 0 aliphatic carbocycles. The first-order valence-electron chi connectivity index (χ1n) is 11.0. The Morgan fingerprint density at radius 1 is 1.12 bits per heavy atom. The van der Waals surface area contributed by atoms with Gasteiger partial charge in [-0.1, -0.05) is 12.1 Å². The lowest BCUT2D eigenvalue weighted by atomic mass is 10.1. The van der Waals surface area contributed by atoms with Crippen molar-refractivity contribution in [1.82, 2.24) is 14.8 Å². The van der Waals surface area contributed by atoms with Gasteiger partial charge in [0.05, 0.1) is 31.5 Å². The second-order valence-electron chi connectivity index (χ2n) is 8.00. The van der Waals surface area contributed by atoms with E-state index in [1.54, 1.807) is 18.2 Å². The first-order valence-corrected chi connectivity index (χ1v) is 11.4. The van der Waals surface area contributed by atoms with Crippen LogP contribution in [0, 0.1) is 0 Å². The van der Waals surface area contributed by atoms with Crippen LogP contribution < -0.4 is 15.6 Å². The van der Waals surface area contributed by atoms with Gasteiger partial charge in [0.25, 0.3) is 5.56 Å². The molecule has 0 aliphatic heterocycles. The number of hydrogen-bond donors (Lipinski definition) is 2. The molecule has 0 spiro atoms. The maximum absolute atomic E-state index is 12.8. The summed E-state index contributed by atoms with van der Waals surface area (Å²) in [5, 5.41) is 4.44. The number of nitrogens with zero attached hydrogens (tertiary/aromatic N) is 2. The van der Waals surface area contributed by atoms with E-state index in [2.05, 4.69) is 10.3 Å². The Bertz CT molecular complexity index is 1230. The molecule has 2 aromatic carbocycles. The predicted molar refractivity (Wildman–Crippen MR) is 139 cm³/mol. The smallest absolute Gasteiger partial charge is 0.339 e. The molecular weight excluding hydrogens is 452 g/mol. The highest BCUT2D eigenvalue weighted by atomic mass is 32.1. The zero-order chi connectivity index (χ0) is 24.7. The van der Waals surface area contributed by atoms with Gasteiger partial charge in [0.2, 0.25) is 0 Å². The summed E-state index contributed by atoms with van der Waals surface area (Å²) in [6, 6.07) is 14.5. The largest absolute Gasteiger partial charge is 0.494 e. The molecule has 1 aromatic heterocycles. The van der Waals surface area contributed by atoms with Crippen LogP contribution in [0.25, 0.3) is 10.9 Å². The number of carbonyl (C=O) groups excluding carboxylic acids is 1. The summed E-state index contributed by atoms with van der Waals surface area (Å²) in [7, 11) is 5.28. The summed E-state index contributed by atoms with van der Waals surface area (Å²) < 4.78 is 10.5. The number of likely N-dealkylation sites (N-methyl/N-ethyl adjacent to an activating group) is 1. The van der Waals surface area contributed by atoms with E-state index in [0.29, 0.717) is 41.6 Å². The molecule has 0 saturated heterocycles. The van der Waals surface area contributed by atoms with Gasteiger partial charge in [-0.2, -0.15) is 0 Å². The molecule has 0 aliphatic rings. The van der Waals surface area contributed by atoms with Crippen molar-refractivity contribution in [2.45, 2.75) is 13.5 Å². The SMILES string of the molecule is CCOc1ccc2[nH]c(=O)c(CN(CCN(C)C)C(=S)Nc3ccccc3C(=O)OC)cc2c1. The Balaban J connectivity index is 1.90. The van der Waals surface area contributed by atoms with Crippen LogP contribution in [0.5, 0.6) is 5.75 Å². The van der Waals surface area contributed by atoms with Crippen molar-refractivity contribution in [2.24, 2.45) is 0 Å². The van der Waals surface area contributed by atoms with Gasteiger partial charge in [-0.3, -0.25) is 4.79 Å². The van der Waals surface area contributed by atoms with Gasteiger partial charge in [0, 0.05) is 29.6 Å². The van der Waals surface area contributed by atoms with Gasteiger partial charge in [0.15, 0.2) is 5.11 Å². The molecule has 0 atom stereocenters. The van der Waals surface area contributed by atoms with Crippen LogP contribution in [-0.2, 0) is 11.3 Å². The first-order chi connectivity index (χ1) is 16.3. The van der Waals surface area contributed by atoms with Crippen LogP contribution in [0.1, 0.15) is 22.8 Å². The van der Waals surface area contributed by atoms with E-state index in [-0.39, 0.29) is 5.56 Å². The van der Waals surface area contributed by atoms with Crippen molar-refractivity contribution in [3.05, 3.63) is 70.0 Å². The average molecular weight is 483 g/mol. The molecular formula is C25H30N4O4S. The second-order valence-corrected chi connectivity index (χ2v) is 8.38. The summed E-state index contributed by atoms with van der Waals surface area (Å²) in [5.74, 6) is 0.288. The molecule has 0 radical (unpaired) electrons. The number of hydrogen-bond acceptors (Lipinski definition) is 6. The molecule has 0 bridgehead atoms. The number of carbonyl (C=O) groups is 1. The van der Waals surface area contributed by atoms with Crippen LogP contribution in [0.4, 0.5) is 5.69 Å². The Morgan fingerprint density at radius 3 is 2.59 bits per heavy atom. The van der Waals surface area contributed by atoms with E-state index in [1.165, 1.54) is 7.11 Å². The molecule has 3 aromatic rings. The number of esters is 1. The summed E-state index contributed by atoms with van der Waals surface area (Å²) >= 11 is 5.70. The molecule has 0 amide bonds. The molecule has 180 valence electrons. The maximum atomic E-state index is 12.8. The third kappa shape index (κ3) is 6.33. The quantitative estimate of drug-likeness (QED) is 0.354. The monoisotopic (exact) mass is 482 g/mol. The lowest BCUT2D eigenvalue weighted by molar-refractivity contribution is 0.0602. The average Bonchev–Trinajstić information content (AvgIpc) is 2.82. The molecule has 9 heteroatoms. The number of ether oxygens (including phenoxy) is 2. The molecule has 2 N–H and O–H groups in total. The van der Waals surface area contributed by atoms with Crippen molar-refractivity contribution < 1.29 is 14.3 Å². The zero-order valence-electron chi connectivity index (χ0n) is 19.9. The van der Waals surface area contributed by atoms with E-state index in [4.69, 9.17) is 21.7 Å². The van der Waals surface area contributed by atoms with Crippen molar-refractivity contribution in [2.75, 3.05) is 46.2 Å². The second kappa shape index (κ2) is 11.6. The summed E-state index contributed by atoms with van der Waals surface area (Å²) in [6.07, 6.45) is 0. The Hall–Kier alpha value is -3.43. The van der Waals surface area contributed by atoms with Gasteiger partial charge < -0.3 is 29.6 Å². The van der Waals surface area contributed by atoms with E-state index in [0.717, 1.165) is 23.2 Å². The van der Waals surface area contributed by atoms with Crippen molar-refractivity contribution >= 4 is 39.9 Å². The molecule has 3 rings (SSSR count). The van der Waals surface area contributed by atoms with Crippen molar-refractivity contribution in [3.63, 3.8) is 0 Å². The predicted octanol–water partition coefficient (Wildman–Crippen LogP) is 3.47. The van der Waals surface area contributed by atoms with Crippen molar-refractivity contribution in [3.8, 4) is 5.75 Å². The van der Waals surface area contributed by atoms with Gasteiger partial charge >= 0.3 is 5.97 Å². The number of H-pyrrole nitrogens is 1. The van der Waals surface area contributed by atoms with Crippen LogP contribution in [-0.4, -0.2) is 66.8 Å². The number of pyridine rings is 1. The lowest BCUT2D eigenvalue weighted by Crippen LogP contribution is -2.40. The number of nitrogens with one attached hydrogen (secondary N) is 2. The van der Waals surface area contributed by atoms with Gasteiger partial charge in [-0.15, -0.1) is 0 Å². The molecule has 1 heterocycles. The Labute approximate surface area is 204 Å². The number of fused-ring (bicyclic) bond motifs is 1. The molecule has 8 nitrogen and oxygen atoms in total. The van der Waals surface area contributed by atoms with Crippen LogP contribution >= 0.6 is 12.2 Å². The topological polar surface area (TPSA) is 86.9 Å². The minimum Gasteiger partial charge on any atom is -0.494 e. The lowest BCUT2D eigenvalue weighted by Gasteiger charge is -2.27. The molecule has 0 fully saturated rings. The number of benzene rings is 2. The molecule has 34 heavy (non-hydrogen) atoms. The number of anilines is 1. The summed E-state index contributed by atoms with van der Waals surface area (Å²) in [4.78, 5) is 31.9. The van der Waals surface area contributed by atoms with Crippen LogP contribution in [0.2, 0.25) is 0 Å². The summed E-state index contributed by atoms with van der Waals surface area (Å²) in [6.45, 7) is 4.09. The maximum Gasteiger partial charge on any atom is 0.339 e. The number of aromatic nitrogens is 1. The van der Waals surface area contributed by atoms with Gasteiger partial charge in [-0.05, 0) is 69.6 Å². The standard InChI is InChI=1S/C25H30N4O4S/c1-5-33-19-10-11-21-17(15-19)14-18(23(30)26-21)16-29(13-12-28(2)3)25(34)27-22-9-7-6-8-20(22)24(31)32-4/h6-11,14-15H,5,12-13,16H2,1-4H3,(H,26,30)(H,27,34). The minimum atomic E-state index is -0.457. The van der Waals surface area contributed by atoms with Crippen LogP contribution in [0.3, 0.4) is 0 Å². The van der Waals surface area contributed by atoms with Gasteiger partial charge in [0.1, 0.15) is 5.75 Å². The number of thiocarbonyl (C=S) groups is 1. The highest BCUT2D eigenvalue weighted by molar-refractivity contribution is 7.80. The third-order valence-electron chi connectivity index (χ3n) is 5.24. The number of methoxy groups -OCH3 is 1. The highest BCUT2D eigenvalue weighted by Gasteiger charge is 2.17. The Morgan fingerprint density at radius 2 is 1.88 bits per heavy atom. The fraction of sp³-hybridized carbons (Fsp3) is 0.320. The third-order valence-corrected chi connectivity index (χ3v) is 5.60. The van der Waals surface area contributed by atoms with Crippen molar-refractivity contribution in [1.29, 1.82) is 0 Å². The first kappa shape index (κ1) is 25.2. The van der Waals surface area contributed by atoms with Crippen LogP contribution in [0.15, 0.2) is 53.3 Å². The Kier molecular flexibility index (Phi) is 8.61.